The van der Waals surface area contributed by atoms with Gasteiger partial charge in [0.2, 0.25) is 0 Å². The van der Waals surface area contributed by atoms with Crippen LogP contribution < -0.4 is 5.32 Å². The third-order valence-electron chi connectivity index (χ3n) is 3.89. The normalized spacial score (nSPS) is 10.5. The van der Waals surface area contributed by atoms with Gasteiger partial charge in [-0.05, 0) is 48.5 Å². The Hall–Kier alpha value is -3.85. The molecule has 2 aromatic heterocycles. The highest BCUT2D eigenvalue weighted by Gasteiger charge is 2.11. The summed E-state index contributed by atoms with van der Waals surface area (Å²) in [6, 6.07) is 15.9. The van der Waals surface area contributed by atoms with Crippen LogP contribution in [-0.4, -0.2) is 16.1 Å². The van der Waals surface area contributed by atoms with Crippen LogP contribution in [0.5, 0.6) is 0 Å². The zero-order valence-corrected chi connectivity index (χ0v) is 13.0. The van der Waals surface area contributed by atoms with E-state index < -0.39 is 0 Å². The molecule has 0 radical (unpaired) electrons. The van der Waals surface area contributed by atoms with Crippen molar-refractivity contribution >= 4 is 22.5 Å². The SMILES string of the molecule is N#Cc1ccc(C(=O)Nc2ccc3[nH]nc(-c4ccoc4)c3c2)cc1. The maximum atomic E-state index is 12.4. The number of nitriles is 1. The summed E-state index contributed by atoms with van der Waals surface area (Å²) in [5, 5.41) is 19.8. The summed E-state index contributed by atoms with van der Waals surface area (Å²) in [6.07, 6.45) is 3.21. The zero-order chi connectivity index (χ0) is 17.2. The van der Waals surface area contributed by atoms with Gasteiger partial charge >= 0.3 is 0 Å². The van der Waals surface area contributed by atoms with Gasteiger partial charge in [-0.1, -0.05) is 0 Å². The molecule has 1 amide bonds. The number of carbonyl (C=O) groups is 1. The summed E-state index contributed by atoms with van der Waals surface area (Å²) in [5.74, 6) is -0.239. The average molecular weight is 328 g/mol. The van der Waals surface area contributed by atoms with E-state index in [2.05, 4.69) is 15.5 Å². The first-order valence-corrected chi connectivity index (χ1v) is 7.57. The minimum absolute atomic E-state index is 0.239. The molecule has 25 heavy (non-hydrogen) atoms. The molecule has 2 N–H and O–H groups in total. The Bertz CT molecular complexity index is 1090. The van der Waals surface area contributed by atoms with E-state index in [-0.39, 0.29) is 5.91 Å². The lowest BCUT2D eigenvalue weighted by Crippen LogP contribution is -2.11. The van der Waals surface area contributed by atoms with Gasteiger partial charge in [-0.2, -0.15) is 10.4 Å². The van der Waals surface area contributed by atoms with Gasteiger partial charge < -0.3 is 9.73 Å². The van der Waals surface area contributed by atoms with E-state index in [1.54, 1.807) is 42.9 Å². The Balaban J connectivity index is 1.64. The van der Waals surface area contributed by atoms with Crippen molar-refractivity contribution in [3.05, 3.63) is 72.2 Å². The highest BCUT2D eigenvalue weighted by atomic mass is 16.3. The first-order chi connectivity index (χ1) is 12.2. The second kappa shape index (κ2) is 5.98. The van der Waals surface area contributed by atoms with Gasteiger partial charge in [0.05, 0.1) is 29.7 Å². The van der Waals surface area contributed by atoms with Gasteiger partial charge in [-0.15, -0.1) is 0 Å². The molecule has 0 fully saturated rings. The van der Waals surface area contributed by atoms with Gasteiger partial charge in [-0.25, -0.2) is 0 Å². The molecule has 0 bridgehead atoms. The zero-order valence-electron chi connectivity index (χ0n) is 13.0. The molecule has 6 heteroatoms. The third kappa shape index (κ3) is 2.75. The number of H-pyrrole nitrogens is 1. The Morgan fingerprint density at radius 2 is 2.00 bits per heavy atom. The predicted molar refractivity (Wildman–Crippen MR) is 92.9 cm³/mol. The summed E-state index contributed by atoms with van der Waals surface area (Å²) < 4.78 is 5.11. The van der Waals surface area contributed by atoms with E-state index in [1.165, 1.54) is 0 Å². The minimum Gasteiger partial charge on any atom is -0.472 e. The second-order valence-electron chi connectivity index (χ2n) is 5.49. The number of nitrogens with zero attached hydrogens (tertiary/aromatic N) is 2. The highest BCUT2D eigenvalue weighted by Crippen LogP contribution is 2.28. The Labute approximate surface area is 142 Å². The second-order valence-corrected chi connectivity index (χ2v) is 5.49. The van der Waals surface area contributed by atoms with Crippen molar-refractivity contribution in [2.45, 2.75) is 0 Å². The molecule has 0 unspecified atom stereocenters. The summed E-state index contributed by atoms with van der Waals surface area (Å²) in [6.45, 7) is 0. The maximum absolute atomic E-state index is 12.4. The molecular weight excluding hydrogens is 316 g/mol. The van der Waals surface area contributed by atoms with E-state index in [0.29, 0.717) is 16.8 Å². The molecule has 0 saturated heterocycles. The van der Waals surface area contributed by atoms with E-state index >= 15 is 0 Å². The van der Waals surface area contributed by atoms with Crippen LogP contribution in [0.4, 0.5) is 5.69 Å². The summed E-state index contributed by atoms with van der Waals surface area (Å²) in [4.78, 5) is 12.4. The quantitative estimate of drug-likeness (QED) is 0.595. The van der Waals surface area contributed by atoms with Gasteiger partial charge in [0.25, 0.3) is 5.91 Å². The average Bonchev–Trinajstić information content (AvgIpc) is 3.30. The molecule has 2 aromatic carbocycles. The molecule has 2 heterocycles. The number of hydrogen-bond acceptors (Lipinski definition) is 4. The Morgan fingerprint density at radius 1 is 1.16 bits per heavy atom. The standard InChI is InChI=1S/C19H12N4O2/c20-10-12-1-3-13(4-2-12)19(24)21-15-5-6-17-16(9-15)18(23-22-17)14-7-8-25-11-14/h1-9,11H,(H,21,24)(H,22,23). The molecule has 0 atom stereocenters. The smallest absolute Gasteiger partial charge is 0.255 e. The number of carbonyl (C=O) groups excluding carboxylic acids is 1. The van der Waals surface area contributed by atoms with Gasteiger partial charge in [0.15, 0.2) is 0 Å². The van der Waals surface area contributed by atoms with Crippen molar-refractivity contribution in [1.29, 1.82) is 5.26 Å². The number of hydrogen-bond donors (Lipinski definition) is 2. The van der Waals surface area contributed by atoms with Gasteiger partial charge in [-0.3, -0.25) is 9.89 Å². The molecule has 4 aromatic rings. The van der Waals surface area contributed by atoms with Gasteiger partial charge in [0, 0.05) is 22.2 Å². The lowest BCUT2D eigenvalue weighted by molar-refractivity contribution is 0.102. The summed E-state index contributed by atoms with van der Waals surface area (Å²) in [7, 11) is 0. The van der Waals surface area contributed by atoms with E-state index in [1.807, 2.05) is 24.3 Å². The van der Waals surface area contributed by atoms with Crippen LogP contribution in [0.3, 0.4) is 0 Å². The largest absolute Gasteiger partial charge is 0.472 e. The van der Waals surface area contributed by atoms with Crippen LogP contribution in [0.1, 0.15) is 15.9 Å². The van der Waals surface area contributed by atoms with Crippen LogP contribution in [0.15, 0.2) is 65.5 Å². The van der Waals surface area contributed by atoms with Crippen LogP contribution in [0.25, 0.3) is 22.2 Å². The molecule has 0 aliphatic rings. The fraction of sp³-hybridized carbons (Fsp3) is 0. The fourth-order valence-electron chi connectivity index (χ4n) is 2.61. The topological polar surface area (TPSA) is 94.7 Å². The molecule has 0 spiro atoms. The van der Waals surface area contributed by atoms with Crippen molar-refractivity contribution < 1.29 is 9.21 Å². The Morgan fingerprint density at radius 3 is 2.72 bits per heavy atom. The molecule has 6 nitrogen and oxygen atoms in total. The lowest BCUT2D eigenvalue weighted by Gasteiger charge is -2.06. The van der Waals surface area contributed by atoms with E-state index in [0.717, 1.165) is 22.2 Å². The number of nitrogens with one attached hydrogen (secondary N) is 2. The summed E-state index contributed by atoms with van der Waals surface area (Å²) in [5.41, 5.74) is 4.16. The third-order valence-corrected chi connectivity index (χ3v) is 3.89. The van der Waals surface area contributed by atoms with Gasteiger partial charge in [0.1, 0.15) is 5.69 Å². The molecular formula is C19H12N4O2. The fourth-order valence-corrected chi connectivity index (χ4v) is 2.61. The molecule has 120 valence electrons. The molecule has 0 saturated carbocycles. The Kier molecular flexibility index (Phi) is 3.52. The number of anilines is 1. The number of benzene rings is 2. The highest BCUT2D eigenvalue weighted by molar-refractivity contribution is 6.06. The molecule has 4 rings (SSSR count). The van der Waals surface area contributed by atoms with Crippen molar-refractivity contribution in [2.24, 2.45) is 0 Å². The van der Waals surface area contributed by atoms with E-state index in [9.17, 15) is 4.79 Å². The van der Waals surface area contributed by atoms with Crippen LogP contribution in [-0.2, 0) is 0 Å². The number of rotatable bonds is 3. The van der Waals surface area contributed by atoms with Crippen molar-refractivity contribution in [1.82, 2.24) is 10.2 Å². The number of amides is 1. The monoisotopic (exact) mass is 328 g/mol. The van der Waals surface area contributed by atoms with Crippen molar-refractivity contribution in [3.8, 4) is 17.3 Å². The molecule has 0 aliphatic carbocycles. The van der Waals surface area contributed by atoms with Crippen LogP contribution >= 0.6 is 0 Å². The van der Waals surface area contributed by atoms with Crippen LogP contribution in [0.2, 0.25) is 0 Å². The van der Waals surface area contributed by atoms with Crippen molar-refractivity contribution in [2.75, 3.05) is 5.32 Å². The first-order valence-electron chi connectivity index (χ1n) is 7.57. The number of aromatic nitrogens is 2. The minimum atomic E-state index is -0.239. The van der Waals surface area contributed by atoms with Crippen molar-refractivity contribution in [3.63, 3.8) is 0 Å². The number of furan rings is 1. The molecule has 0 aliphatic heterocycles. The first kappa shape index (κ1) is 14.7. The maximum Gasteiger partial charge on any atom is 0.255 e. The lowest BCUT2D eigenvalue weighted by atomic mass is 10.1. The predicted octanol–water partition coefficient (Wildman–Crippen LogP) is 3.95. The number of fused-ring (bicyclic) bond motifs is 1. The van der Waals surface area contributed by atoms with Crippen LogP contribution in [0, 0.1) is 11.3 Å². The number of aromatic amines is 1. The van der Waals surface area contributed by atoms with E-state index in [4.69, 9.17) is 9.68 Å². The summed E-state index contributed by atoms with van der Waals surface area (Å²) >= 11 is 0.